The van der Waals surface area contributed by atoms with E-state index in [9.17, 15) is 0 Å². The molecule has 2 N–H and O–H groups in total. The highest BCUT2D eigenvalue weighted by Crippen LogP contribution is 2.15. The van der Waals surface area contributed by atoms with E-state index in [0.717, 1.165) is 29.8 Å². The van der Waals surface area contributed by atoms with Gasteiger partial charge in [0.05, 0.1) is 11.6 Å². The molecule has 4 nitrogen and oxygen atoms in total. The first kappa shape index (κ1) is 12.2. The van der Waals surface area contributed by atoms with Crippen LogP contribution in [0.25, 0.3) is 0 Å². The summed E-state index contributed by atoms with van der Waals surface area (Å²) in [7, 11) is 0. The van der Waals surface area contributed by atoms with Crippen LogP contribution in [-0.4, -0.2) is 29.3 Å². The Kier molecular flexibility index (Phi) is 4.25. The second-order valence-electron chi connectivity index (χ2n) is 4.02. The van der Waals surface area contributed by atoms with Gasteiger partial charge in [0.25, 0.3) is 0 Å². The van der Waals surface area contributed by atoms with Gasteiger partial charge < -0.3 is 10.6 Å². The van der Waals surface area contributed by atoms with Crippen molar-refractivity contribution in [3.05, 3.63) is 23.9 Å². The molecule has 0 aliphatic carbocycles. The number of hydrogen-bond donors (Lipinski definition) is 2. The fourth-order valence-electron chi connectivity index (χ4n) is 1.63. The van der Waals surface area contributed by atoms with E-state index in [4.69, 9.17) is 0 Å². The molecule has 1 unspecified atom stereocenters. The molecule has 5 heteroatoms. The number of aliphatic imine (C=N–C) groups is 1. The maximum atomic E-state index is 4.36. The summed E-state index contributed by atoms with van der Waals surface area (Å²) in [6.07, 6.45) is 1.86. The Balaban J connectivity index is 1.88. The van der Waals surface area contributed by atoms with Gasteiger partial charge in [-0.2, -0.15) is 0 Å². The van der Waals surface area contributed by atoms with Crippen molar-refractivity contribution < 1.29 is 0 Å². The quantitative estimate of drug-likeness (QED) is 0.798. The minimum absolute atomic E-state index is 0.446. The Morgan fingerprint density at radius 2 is 2.47 bits per heavy atom. The summed E-state index contributed by atoms with van der Waals surface area (Å²) < 4.78 is 0. The molecule has 2 heterocycles. The molecule has 0 saturated carbocycles. The van der Waals surface area contributed by atoms with Gasteiger partial charge in [-0.25, -0.2) is 4.98 Å². The van der Waals surface area contributed by atoms with Gasteiger partial charge >= 0.3 is 0 Å². The van der Waals surface area contributed by atoms with Crippen LogP contribution in [0.3, 0.4) is 0 Å². The summed E-state index contributed by atoms with van der Waals surface area (Å²) >= 11 is 1.76. The molecule has 1 aliphatic heterocycles. The summed E-state index contributed by atoms with van der Waals surface area (Å²) in [6, 6.07) is 4.60. The number of hydrogen-bond acceptors (Lipinski definition) is 5. The molecule has 0 bridgehead atoms. The SMILES string of the molecule is CCSc1cc(CNC2=NCC(C)N2)ccn1. The molecular formula is C12H18N4S. The van der Waals surface area contributed by atoms with Gasteiger partial charge in [0.15, 0.2) is 5.96 Å². The monoisotopic (exact) mass is 250 g/mol. The molecular weight excluding hydrogens is 232 g/mol. The topological polar surface area (TPSA) is 49.3 Å². The summed E-state index contributed by atoms with van der Waals surface area (Å²) in [5.41, 5.74) is 1.24. The minimum atomic E-state index is 0.446. The predicted octanol–water partition coefficient (Wildman–Crippen LogP) is 1.63. The predicted molar refractivity (Wildman–Crippen MR) is 72.4 cm³/mol. The highest BCUT2D eigenvalue weighted by Gasteiger charge is 2.11. The lowest BCUT2D eigenvalue weighted by Crippen LogP contribution is -2.37. The van der Waals surface area contributed by atoms with Gasteiger partial charge in [0.1, 0.15) is 0 Å². The summed E-state index contributed by atoms with van der Waals surface area (Å²) in [5.74, 6) is 1.95. The van der Waals surface area contributed by atoms with Gasteiger partial charge in [-0.05, 0) is 30.4 Å². The van der Waals surface area contributed by atoms with E-state index < -0.39 is 0 Å². The lowest BCUT2D eigenvalue weighted by Gasteiger charge is -2.09. The van der Waals surface area contributed by atoms with E-state index in [2.05, 4.69) is 40.5 Å². The number of pyridine rings is 1. The Morgan fingerprint density at radius 1 is 1.59 bits per heavy atom. The van der Waals surface area contributed by atoms with Crippen LogP contribution in [0.1, 0.15) is 19.4 Å². The van der Waals surface area contributed by atoms with E-state index in [0.29, 0.717) is 6.04 Å². The van der Waals surface area contributed by atoms with Crippen molar-refractivity contribution in [2.45, 2.75) is 31.5 Å². The van der Waals surface area contributed by atoms with Crippen LogP contribution < -0.4 is 10.6 Å². The van der Waals surface area contributed by atoms with Crippen molar-refractivity contribution in [2.24, 2.45) is 4.99 Å². The molecule has 17 heavy (non-hydrogen) atoms. The van der Waals surface area contributed by atoms with Crippen molar-refractivity contribution in [1.29, 1.82) is 0 Å². The Hall–Kier alpha value is -1.23. The number of nitrogens with zero attached hydrogens (tertiary/aromatic N) is 2. The van der Waals surface area contributed by atoms with Crippen molar-refractivity contribution in [3.8, 4) is 0 Å². The smallest absolute Gasteiger partial charge is 0.191 e. The number of thioether (sulfide) groups is 1. The molecule has 0 amide bonds. The first-order valence-corrected chi connectivity index (χ1v) is 6.89. The first-order valence-electron chi connectivity index (χ1n) is 5.90. The van der Waals surface area contributed by atoms with Crippen LogP contribution in [0.4, 0.5) is 0 Å². The Morgan fingerprint density at radius 3 is 3.18 bits per heavy atom. The van der Waals surface area contributed by atoms with Crippen LogP contribution in [0.2, 0.25) is 0 Å². The third-order valence-electron chi connectivity index (χ3n) is 2.46. The maximum absolute atomic E-state index is 4.36. The third kappa shape index (κ3) is 3.63. The van der Waals surface area contributed by atoms with Gasteiger partial charge in [-0.3, -0.25) is 4.99 Å². The fraction of sp³-hybridized carbons (Fsp3) is 0.500. The van der Waals surface area contributed by atoms with Crippen molar-refractivity contribution in [1.82, 2.24) is 15.6 Å². The molecule has 1 aliphatic rings. The molecule has 0 saturated heterocycles. The number of guanidine groups is 1. The summed E-state index contributed by atoms with van der Waals surface area (Å²) in [5, 5.41) is 7.67. The molecule has 1 aromatic rings. The zero-order valence-corrected chi connectivity index (χ0v) is 11.0. The lowest BCUT2D eigenvalue weighted by atomic mass is 10.3. The fourth-order valence-corrected chi connectivity index (χ4v) is 2.30. The zero-order valence-electron chi connectivity index (χ0n) is 10.2. The van der Waals surface area contributed by atoms with E-state index in [-0.39, 0.29) is 0 Å². The maximum Gasteiger partial charge on any atom is 0.191 e. The van der Waals surface area contributed by atoms with Crippen molar-refractivity contribution >= 4 is 17.7 Å². The largest absolute Gasteiger partial charge is 0.352 e. The number of rotatable bonds is 4. The van der Waals surface area contributed by atoms with Crippen molar-refractivity contribution in [3.63, 3.8) is 0 Å². The summed E-state index contributed by atoms with van der Waals surface area (Å²) in [6.45, 7) is 5.91. The highest BCUT2D eigenvalue weighted by atomic mass is 32.2. The minimum Gasteiger partial charge on any atom is -0.352 e. The molecule has 2 rings (SSSR count). The zero-order chi connectivity index (χ0) is 12.1. The second-order valence-corrected chi connectivity index (χ2v) is 5.31. The van der Waals surface area contributed by atoms with Crippen LogP contribution in [0.15, 0.2) is 28.3 Å². The molecule has 0 radical (unpaired) electrons. The number of aromatic nitrogens is 1. The second kappa shape index (κ2) is 5.91. The molecule has 1 aromatic heterocycles. The third-order valence-corrected chi connectivity index (χ3v) is 3.27. The van der Waals surface area contributed by atoms with E-state index in [1.807, 2.05) is 12.3 Å². The molecule has 0 spiro atoms. The van der Waals surface area contributed by atoms with E-state index in [1.165, 1.54) is 5.56 Å². The van der Waals surface area contributed by atoms with E-state index in [1.54, 1.807) is 11.8 Å². The first-order chi connectivity index (χ1) is 8.28. The van der Waals surface area contributed by atoms with E-state index >= 15 is 0 Å². The van der Waals surface area contributed by atoms with Gasteiger partial charge in [0.2, 0.25) is 0 Å². The normalized spacial score (nSPS) is 18.7. The van der Waals surface area contributed by atoms with Crippen LogP contribution in [0, 0.1) is 0 Å². The molecule has 1 atom stereocenters. The average molecular weight is 250 g/mol. The lowest BCUT2D eigenvalue weighted by molar-refractivity contribution is 0.713. The highest BCUT2D eigenvalue weighted by molar-refractivity contribution is 7.99. The Bertz CT molecular complexity index is 405. The van der Waals surface area contributed by atoms with Crippen LogP contribution in [-0.2, 0) is 6.54 Å². The summed E-state index contributed by atoms with van der Waals surface area (Å²) in [4.78, 5) is 8.67. The molecule has 0 aromatic carbocycles. The van der Waals surface area contributed by atoms with Crippen LogP contribution >= 0.6 is 11.8 Å². The van der Waals surface area contributed by atoms with Crippen LogP contribution in [0.5, 0.6) is 0 Å². The molecule has 0 fully saturated rings. The number of nitrogens with one attached hydrogen (secondary N) is 2. The van der Waals surface area contributed by atoms with Crippen molar-refractivity contribution in [2.75, 3.05) is 12.3 Å². The van der Waals surface area contributed by atoms with Gasteiger partial charge in [-0.15, -0.1) is 11.8 Å². The Labute approximate surface area is 106 Å². The average Bonchev–Trinajstić information content (AvgIpc) is 2.74. The van der Waals surface area contributed by atoms with Gasteiger partial charge in [0, 0.05) is 18.8 Å². The molecule has 92 valence electrons. The van der Waals surface area contributed by atoms with Gasteiger partial charge in [-0.1, -0.05) is 6.92 Å². The standard InChI is InChI=1S/C12H18N4S/c1-3-17-11-6-10(4-5-13-11)8-15-12-14-7-9(2)16-12/h4-6,9H,3,7-8H2,1-2H3,(H2,14,15,16).